The van der Waals surface area contributed by atoms with Crippen LogP contribution in [0.25, 0.3) is 0 Å². The van der Waals surface area contributed by atoms with Gasteiger partial charge in [-0.15, -0.1) is 0 Å². The Bertz CT molecular complexity index is 831. The van der Waals surface area contributed by atoms with E-state index in [1.165, 1.54) is 0 Å². The third kappa shape index (κ3) is 3.28. The lowest BCUT2D eigenvalue weighted by Crippen LogP contribution is -2.23. The summed E-state index contributed by atoms with van der Waals surface area (Å²) in [5, 5.41) is 6.31. The van der Waals surface area contributed by atoms with Gasteiger partial charge in [-0.2, -0.15) is 0 Å². The van der Waals surface area contributed by atoms with Gasteiger partial charge in [-0.1, -0.05) is 24.3 Å². The smallest absolute Gasteiger partial charge is 0.414 e. The fourth-order valence-corrected chi connectivity index (χ4v) is 3.56. The molecule has 0 saturated carbocycles. The zero-order valence-electron chi connectivity index (χ0n) is 14.4. The van der Waals surface area contributed by atoms with Gasteiger partial charge < -0.3 is 15.4 Å². The zero-order valence-corrected chi connectivity index (χ0v) is 14.4. The molecule has 0 aliphatic carbocycles. The summed E-state index contributed by atoms with van der Waals surface area (Å²) in [7, 11) is 0. The molecule has 0 radical (unpaired) electrons. The molecule has 134 valence electrons. The van der Waals surface area contributed by atoms with Crippen LogP contribution in [-0.2, 0) is 4.74 Å². The molecule has 26 heavy (non-hydrogen) atoms. The summed E-state index contributed by atoms with van der Waals surface area (Å²) in [5.41, 5.74) is 3.16. The summed E-state index contributed by atoms with van der Waals surface area (Å²) >= 11 is 0. The van der Waals surface area contributed by atoms with Crippen molar-refractivity contribution in [3.05, 3.63) is 59.7 Å². The van der Waals surface area contributed by atoms with Crippen LogP contribution >= 0.6 is 0 Å². The summed E-state index contributed by atoms with van der Waals surface area (Å²) in [4.78, 5) is 26.1. The summed E-state index contributed by atoms with van der Waals surface area (Å²) in [6.45, 7) is 2.79. The minimum atomic E-state index is -0.354. The van der Waals surface area contributed by atoms with E-state index in [0.717, 1.165) is 30.8 Å². The van der Waals surface area contributed by atoms with E-state index in [0.29, 0.717) is 30.3 Å². The number of amides is 2. The fraction of sp³-hybridized carbons (Fsp3) is 0.300. The lowest BCUT2D eigenvalue weighted by molar-refractivity contribution is 0.102. The third-order valence-corrected chi connectivity index (χ3v) is 4.88. The van der Waals surface area contributed by atoms with Gasteiger partial charge in [0, 0.05) is 23.5 Å². The number of ether oxygens (including phenoxy) is 1. The second-order valence-electron chi connectivity index (χ2n) is 6.55. The van der Waals surface area contributed by atoms with Crippen LogP contribution in [-0.4, -0.2) is 38.2 Å². The Morgan fingerprint density at radius 3 is 2.85 bits per heavy atom. The van der Waals surface area contributed by atoms with Crippen molar-refractivity contribution in [1.82, 2.24) is 5.32 Å². The van der Waals surface area contributed by atoms with Gasteiger partial charge in [0.05, 0.1) is 6.54 Å². The van der Waals surface area contributed by atoms with E-state index in [2.05, 4.69) is 10.6 Å². The van der Waals surface area contributed by atoms with Gasteiger partial charge in [-0.3, -0.25) is 9.69 Å². The number of anilines is 2. The Balaban J connectivity index is 1.55. The first-order valence-corrected chi connectivity index (χ1v) is 8.88. The maximum Gasteiger partial charge on any atom is 0.414 e. The molecule has 6 nitrogen and oxygen atoms in total. The van der Waals surface area contributed by atoms with Crippen molar-refractivity contribution in [2.24, 2.45) is 0 Å². The van der Waals surface area contributed by atoms with Gasteiger partial charge in [0.25, 0.3) is 5.91 Å². The molecule has 2 fully saturated rings. The number of benzene rings is 2. The maximum atomic E-state index is 12.9. The molecule has 1 atom stereocenters. The highest BCUT2D eigenvalue weighted by molar-refractivity contribution is 6.05. The molecule has 0 bridgehead atoms. The normalized spacial score (nSPS) is 19.5. The minimum absolute atomic E-state index is 0.131. The number of nitrogens with zero attached hydrogens (tertiary/aromatic N) is 1. The maximum absolute atomic E-state index is 12.9. The molecule has 2 N–H and O–H groups in total. The van der Waals surface area contributed by atoms with E-state index in [-0.39, 0.29) is 12.0 Å². The first-order chi connectivity index (χ1) is 12.7. The molecule has 2 amide bonds. The number of rotatable bonds is 4. The first-order valence-electron chi connectivity index (χ1n) is 8.88. The Kier molecular flexibility index (Phi) is 4.58. The molecule has 2 saturated heterocycles. The average Bonchev–Trinajstić information content (AvgIpc) is 3.33. The topological polar surface area (TPSA) is 70.7 Å². The van der Waals surface area contributed by atoms with Crippen molar-refractivity contribution < 1.29 is 14.3 Å². The predicted molar refractivity (Wildman–Crippen MR) is 99.8 cm³/mol. The van der Waals surface area contributed by atoms with Crippen LogP contribution in [0.3, 0.4) is 0 Å². The van der Waals surface area contributed by atoms with E-state index < -0.39 is 0 Å². The van der Waals surface area contributed by atoms with Crippen LogP contribution in [0.4, 0.5) is 16.2 Å². The molecule has 2 aromatic carbocycles. The molecule has 4 rings (SSSR count). The molecule has 2 aromatic rings. The monoisotopic (exact) mass is 351 g/mol. The predicted octanol–water partition coefficient (Wildman–Crippen LogP) is 2.97. The molecule has 2 heterocycles. The van der Waals surface area contributed by atoms with E-state index >= 15 is 0 Å². The number of carbonyl (C=O) groups excluding carboxylic acids is 2. The highest BCUT2D eigenvalue weighted by Crippen LogP contribution is 2.27. The Hall–Kier alpha value is -2.86. The summed E-state index contributed by atoms with van der Waals surface area (Å²) in [6, 6.07) is 15.0. The van der Waals surface area contributed by atoms with Crippen molar-refractivity contribution in [3.63, 3.8) is 0 Å². The Labute approximate surface area is 152 Å². The molecule has 0 unspecified atom stereocenters. The molecule has 6 heteroatoms. The van der Waals surface area contributed by atoms with Crippen molar-refractivity contribution >= 4 is 23.4 Å². The summed E-state index contributed by atoms with van der Waals surface area (Å²) < 4.78 is 4.98. The van der Waals surface area contributed by atoms with Crippen molar-refractivity contribution in [1.29, 1.82) is 0 Å². The van der Waals surface area contributed by atoms with Crippen LogP contribution < -0.4 is 15.5 Å². The third-order valence-electron chi connectivity index (χ3n) is 4.88. The van der Waals surface area contributed by atoms with Crippen LogP contribution in [0.2, 0.25) is 0 Å². The molecular weight excluding hydrogens is 330 g/mol. The Morgan fingerprint density at radius 1 is 1.19 bits per heavy atom. The van der Waals surface area contributed by atoms with Crippen molar-refractivity contribution in [3.8, 4) is 0 Å². The van der Waals surface area contributed by atoms with Crippen LogP contribution in [0.1, 0.15) is 28.3 Å². The number of nitrogens with one attached hydrogen (secondary N) is 2. The molecule has 2 aliphatic heterocycles. The van der Waals surface area contributed by atoms with Gasteiger partial charge in [-0.05, 0) is 48.7 Å². The lowest BCUT2D eigenvalue weighted by Gasteiger charge is -2.16. The standard InChI is InChI=1S/C20H21N3O3/c24-19(18-7-2-1-6-17(18)14-8-9-21-13-14)22-15-4-3-5-16(12-15)23-10-11-26-20(23)25/h1-7,12,14,21H,8-11,13H2,(H,22,24)/t14-/m1/s1. The first kappa shape index (κ1) is 16.6. The number of hydrogen-bond donors (Lipinski definition) is 2. The van der Waals surface area contributed by atoms with Crippen LogP contribution in [0.15, 0.2) is 48.5 Å². The molecule has 2 aliphatic rings. The average molecular weight is 351 g/mol. The van der Waals surface area contributed by atoms with E-state index in [1.54, 1.807) is 11.0 Å². The van der Waals surface area contributed by atoms with E-state index in [9.17, 15) is 9.59 Å². The van der Waals surface area contributed by atoms with Gasteiger partial charge >= 0.3 is 6.09 Å². The molecule has 0 spiro atoms. The highest BCUT2D eigenvalue weighted by Gasteiger charge is 2.24. The quantitative estimate of drug-likeness (QED) is 0.888. The van der Waals surface area contributed by atoms with E-state index in [1.807, 2.05) is 42.5 Å². The highest BCUT2D eigenvalue weighted by atomic mass is 16.6. The van der Waals surface area contributed by atoms with Crippen LogP contribution in [0, 0.1) is 0 Å². The Morgan fingerprint density at radius 2 is 2.08 bits per heavy atom. The van der Waals surface area contributed by atoms with Gasteiger partial charge in [0.2, 0.25) is 0 Å². The fourth-order valence-electron chi connectivity index (χ4n) is 3.56. The molecule has 0 aromatic heterocycles. The van der Waals surface area contributed by atoms with Crippen LogP contribution in [0.5, 0.6) is 0 Å². The van der Waals surface area contributed by atoms with E-state index in [4.69, 9.17) is 4.74 Å². The number of cyclic esters (lactones) is 1. The summed E-state index contributed by atoms with van der Waals surface area (Å²) in [6.07, 6.45) is 0.684. The second kappa shape index (κ2) is 7.17. The largest absolute Gasteiger partial charge is 0.447 e. The number of carbonyl (C=O) groups is 2. The van der Waals surface area contributed by atoms with Gasteiger partial charge in [0.15, 0.2) is 0 Å². The van der Waals surface area contributed by atoms with Gasteiger partial charge in [-0.25, -0.2) is 4.79 Å². The minimum Gasteiger partial charge on any atom is -0.447 e. The lowest BCUT2D eigenvalue weighted by atomic mass is 9.93. The van der Waals surface area contributed by atoms with Crippen molar-refractivity contribution in [2.45, 2.75) is 12.3 Å². The van der Waals surface area contributed by atoms with Gasteiger partial charge in [0.1, 0.15) is 6.61 Å². The zero-order chi connectivity index (χ0) is 17.9. The summed E-state index contributed by atoms with van der Waals surface area (Å²) in [5.74, 6) is 0.233. The second-order valence-corrected chi connectivity index (χ2v) is 6.55. The SMILES string of the molecule is O=C(Nc1cccc(N2CCOC2=O)c1)c1ccccc1[C@@H]1CCNC1. The molecular formula is C20H21N3O3. The van der Waals surface area contributed by atoms with Crippen molar-refractivity contribution in [2.75, 3.05) is 36.5 Å². The number of hydrogen-bond acceptors (Lipinski definition) is 4.